The minimum atomic E-state index is 0.223. The Morgan fingerprint density at radius 3 is 2.61 bits per heavy atom. The van der Waals surface area contributed by atoms with Crippen LogP contribution in [0.25, 0.3) is 0 Å². The lowest BCUT2D eigenvalue weighted by molar-refractivity contribution is 0.348. The molecule has 1 aromatic carbocycles. The van der Waals surface area contributed by atoms with Crippen LogP contribution in [0.3, 0.4) is 0 Å². The molecule has 1 aromatic rings. The van der Waals surface area contributed by atoms with E-state index in [4.69, 9.17) is 5.73 Å². The van der Waals surface area contributed by atoms with Gasteiger partial charge in [0, 0.05) is 17.8 Å². The molecule has 1 fully saturated rings. The van der Waals surface area contributed by atoms with Gasteiger partial charge in [0.2, 0.25) is 0 Å². The first-order chi connectivity index (χ1) is 8.46. The lowest BCUT2D eigenvalue weighted by Crippen LogP contribution is -2.43. The zero-order chi connectivity index (χ0) is 13.3. The molecule has 0 radical (unpaired) electrons. The molecule has 100 valence electrons. The van der Waals surface area contributed by atoms with Crippen molar-refractivity contribution in [3.8, 4) is 0 Å². The van der Waals surface area contributed by atoms with Gasteiger partial charge in [-0.3, -0.25) is 0 Å². The summed E-state index contributed by atoms with van der Waals surface area (Å²) in [5.41, 5.74) is 10.1. The Balaban J connectivity index is 2.26. The molecule has 1 atom stereocenters. The molecule has 2 heteroatoms. The summed E-state index contributed by atoms with van der Waals surface area (Å²) in [5, 5.41) is 0. The molecule has 0 amide bonds. The molecule has 0 bridgehead atoms. The van der Waals surface area contributed by atoms with Gasteiger partial charge in [0.05, 0.1) is 0 Å². The number of nitrogens with zero attached hydrogens (tertiary/aromatic N) is 1. The van der Waals surface area contributed by atoms with Crippen LogP contribution in [0.1, 0.15) is 37.8 Å². The van der Waals surface area contributed by atoms with Gasteiger partial charge in [0.15, 0.2) is 0 Å². The van der Waals surface area contributed by atoms with Crippen LogP contribution >= 0.6 is 0 Å². The van der Waals surface area contributed by atoms with Crippen LogP contribution in [0.4, 0.5) is 5.69 Å². The first kappa shape index (κ1) is 13.4. The molecular formula is C16H26N2. The minimum absolute atomic E-state index is 0.223. The maximum atomic E-state index is 5.74. The summed E-state index contributed by atoms with van der Waals surface area (Å²) in [4.78, 5) is 2.56. The lowest BCUT2D eigenvalue weighted by atomic mass is 9.85. The Morgan fingerprint density at radius 1 is 1.28 bits per heavy atom. The highest BCUT2D eigenvalue weighted by molar-refractivity contribution is 5.53. The second kappa shape index (κ2) is 4.93. The third-order valence-corrected chi connectivity index (χ3v) is 4.71. The summed E-state index contributed by atoms with van der Waals surface area (Å²) in [6.07, 6.45) is 2.39. The van der Waals surface area contributed by atoms with E-state index in [0.29, 0.717) is 5.92 Å². The van der Waals surface area contributed by atoms with Crippen molar-refractivity contribution in [3.63, 3.8) is 0 Å². The van der Waals surface area contributed by atoms with E-state index in [-0.39, 0.29) is 5.54 Å². The molecule has 0 aliphatic carbocycles. The van der Waals surface area contributed by atoms with E-state index in [0.717, 1.165) is 19.5 Å². The van der Waals surface area contributed by atoms with Gasteiger partial charge in [-0.25, -0.2) is 0 Å². The topological polar surface area (TPSA) is 29.3 Å². The highest BCUT2D eigenvalue weighted by Gasteiger charge is 2.40. The van der Waals surface area contributed by atoms with E-state index in [1.165, 1.54) is 23.2 Å². The van der Waals surface area contributed by atoms with Gasteiger partial charge in [0.25, 0.3) is 0 Å². The van der Waals surface area contributed by atoms with Crippen LogP contribution < -0.4 is 10.6 Å². The summed E-state index contributed by atoms with van der Waals surface area (Å²) in [7, 11) is 0. The Labute approximate surface area is 111 Å². The van der Waals surface area contributed by atoms with E-state index in [9.17, 15) is 0 Å². The summed E-state index contributed by atoms with van der Waals surface area (Å²) in [5.74, 6) is 0.712. The number of aryl methyl sites for hydroxylation is 2. The molecule has 18 heavy (non-hydrogen) atoms. The van der Waals surface area contributed by atoms with Gasteiger partial charge < -0.3 is 10.6 Å². The lowest BCUT2D eigenvalue weighted by Gasteiger charge is -2.38. The normalized spacial score (nSPS) is 22.5. The van der Waals surface area contributed by atoms with Crippen molar-refractivity contribution >= 4 is 5.69 Å². The standard InChI is InChI=1S/C16H26N2/c1-12-5-6-15(11-13(12)2)18-10-8-14(7-9-17)16(18,3)4/h5-6,11,14H,7-10,17H2,1-4H3. The van der Waals surface area contributed by atoms with E-state index >= 15 is 0 Å². The number of nitrogens with two attached hydrogens (primary N) is 1. The Bertz CT molecular complexity index is 423. The molecule has 2 rings (SSSR count). The number of benzene rings is 1. The van der Waals surface area contributed by atoms with Crippen LogP contribution in [0.5, 0.6) is 0 Å². The van der Waals surface area contributed by atoms with Crippen molar-refractivity contribution in [3.05, 3.63) is 29.3 Å². The van der Waals surface area contributed by atoms with Crippen molar-refractivity contribution in [1.82, 2.24) is 0 Å². The number of rotatable bonds is 3. The number of hydrogen-bond acceptors (Lipinski definition) is 2. The van der Waals surface area contributed by atoms with Crippen LogP contribution in [0.2, 0.25) is 0 Å². The largest absolute Gasteiger partial charge is 0.366 e. The average molecular weight is 246 g/mol. The SMILES string of the molecule is Cc1ccc(N2CCC(CCN)C2(C)C)cc1C. The van der Waals surface area contributed by atoms with E-state index in [2.05, 4.69) is 50.8 Å². The predicted octanol–water partition coefficient (Wildman–Crippen LogP) is 3.26. The maximum Gasteiger partial charge on any atom is 0.0375 e. The van der Waals surface area contributed by atoms with Gasteiger partial charge in [-0.15, -0.1) is 0 Å². The molecule has 1 saturated heterocycles. The molecule has 1 heterocycles. The fourth-order valence-electron chi connectivity index (χ4n) is 3.20. The molecule has 0 saturated carbocycles. The van der Waals surface area contributed by atoms with Crippen LogP contribution in [0.15, 0.2) is 18.2 Å². The summed E-state index contributed by atoms with van der Waals surface area (Å²) in [6.45, 7) is 11.0. The van der Waals surface area contributed by atoms with Crippen molar-refractivity contribution in [2.75, 3.05) is 18.0 Å². The predicted molar refractivity (Wildman–Crippen MR) is 79.1 cm³/mol. The van der Waals surface area contributed by atoms with Crippen molar-refractivity contribution in [1.29, 1.82) is 0 Å². The monoisotopic (exact) mass is 246 g/mol. The van der Waals surface area contributed by atoms with Crippen LogP contribution in [-0.2, 0) is 0 Å². The Morgan fingerprint density at radius 2 is 2.00 bits per heavy atom. The molecule has 1 aliphatic rings. The summed E-state index contributed by atoms with van der Waals surface area (Å²) < 4.78 is 0. The first-order valence-corrected chi connectivity index (χ1v) is 7.01. The second-order valence-electron chi connectivity index (χ2n) is 6.14. The molecule has 2 nitrogen and oxygen atoms in total. The molecule has 1 unspecified atom stereocenters. The highest BCUT2D eigenvalue weighted by atomic mass is 15.2. The maximum absolute atomic E-state index is 5.74. The smallest absolute Gasteiger partial charge is 0.0375 e. The van der Waals surface area contributed by atoms with E-state index in [1.54, 1.807) is 0 Å². The van der Waals surface area contributed by atoms with Gasteiger partial charge in [-0.1, -0.05) is 6.07 Å². The molecular weight excluding hydrogens is 220 g/mol. The zero-order valence-corrected chi connectivity index (χ0v) is 12.2. The zero-order valence-electron chi connectivity index (χ0n) is 12.2. The molecule has 2 N–H and O–H groups in total. The first-order valence-electron chi connectivity index (χ1n) is 7.01. The van der Waals surface area contributed by atoms with Crippen molar-refractivity contribution in [2.24, 2.45) is 11.7 Å². The summed E-state index contributed by atoms with van der Waals surface area (Å²) in [6, 6.07) is 6.81. The Kier molecular flexibility index (Phi) is 3.67. The Hall–Kier alpha value is -1.02. The van der Waals surface area contributed by atoms with Gasteiger partial charge in [-0.05, 0) is 76.3 Å². The average Bonchev–Trinajstić information content (AvgIpc) is 2.60. The highest BCUT2D eigenvalue weighted by Crippen LogP contribution is 2.40. The molecule has 1 aliphatic heterocycles. The molecule has 0 spiro atoms. The molecule has 0 aromatic heterocycles. The fourth-order valence-corrected chi connectivity index (χ4v) is 3.20. The fraction of sp³-hybridized carbons (Fsp3) is 0.625. The summed E-state index contributed by atoms with van der Waals surface area (Å²) >= 11 is 0. The quantitative estimate of drug-likeness (QED) is 0.887. The third kappa shape index (κ3) is 2.26. The third-order valence-electron chi connectivity index (χ3n) is 4.71. The minimum Gasteiger partial charge on any atom is -0.366 e. The van der Waals surface area contributed by atoms with E-state index in [1.807, 2.05) is 0 Å². The van der Waals surface area contributed by atoms with Crippen LogP contribution in [-0.4, -0.2) is 18.6 Å². The number of hydrogen-bond donors (Lipinski definition) is 1. The second-order valence-corrected chi connectivity index (χ2v) is 6.14. The van der Waals surface area contributed by atoms with E-state index < -0.39 is 0 Å². The van der Waals surface area contributed by atoms with Gasteiger partial charge >= 0.3 is 0 Å². The van der Waals surface area contributed by atoms with Crippen LogP contribution in [0, 0.1) is 19.8 Å². The van der Waals surface area contributed by atoms with Gasteiger partial charge in [0.1, 0.15) is 0 Å². The van der Waals surface area contributed by atoms with Crippen molar-refractivity contribution in [2.45, 2.75) is 46.1 Å². The number of anilines is 1. The van der Waals surface area contributed by atoms with Gasteiger partial charge in [-0.2, -0.15) is 0 Å². The van der Waals surface area contributed by atoms with Crippen molar-refractivity contribution < 1.29 is 0 Å².